The minimum Gasteiger partial charge on any atom is -0.368 e. The van der Waals surface area contributed by atoms with Crippen molar-refractivity contribution in [1.29, 1.82) is 0 Å². The van der Waals surface area contributed by atoms with Gasteiger partial charge < -0.3 is 11.5 Å². The number of rotatable bonds is 7. The monoisotopic (exact) mass is 241 g/mol. The van der Waals surface area contributed by atoms with E-state index in [1.807, 2.05) is 0 Å². The molecule has 1 rings (SSSR count). The van der Waals surface area contributed by atoms with Crippen LogP contribution in [0.3, 0.4) is 0 Å². The molecule has 1 fully saturated rings. The lowest BCUT2D eigenvalue weighted by Crippen LogP contribution is -2.54. The molecule has 4 nitrogen and oxygen atoms in total. The lowest BCUT2D eigenvalue weighted by molar-refractivity contribution is -0.123. The fourth-order valence-corrected chi connectivity index (χ4v) is 2.35. The van der Waals surface area contributed by atoms with Crippen LogP contribution in [0.25, 0.3) is 0 Å². The molecule has 100 valence electrons. The zero-order valence-electron chi connectivity index (χ0n) is 11.6. The number of hydrogen-bond acceptors (Lipinski definition) is 3. The van der Waals surface area contributed by atoms with Crippen molar-refractivity contribution in [2.24, 2.45) is 17.4 Å². The average Bonchev–Trinajstić information content (AvgIpc) is 2.95. The van der Waals surface area contributed by atoms with E-state index in [4.69, 9.17) is 11.5 Å². The van der Waals surface area contributed by atoms with E-state index in [9.17, 15) is 4.79 Å². The van der Waals surface area contributed by atoms with Gasteiger partial charge in [-0.2, -0.15) is 0 Å². The van der Waals surface area contributed by atoms with Gasteiger partial charge in [0.05, 0.1) is 5.54 Å². The summed E-state index contributed by atoms with van der Waals surface area (Å²) in [7, 11) is 0. The molecule has 2 atom stereocenters. The summed E-state index contributed by atoms with van der Waals surface area (Å²) in [6, 6.07) is 1.00. The van der Waals surface area contributed by atoms with Crippen molar-refractivity contribution in [3.63, 3.8) is 0 Å². The molecule has 17 heavy (non-hydrogen) atoms. The number of nitrogens with two attached hydrogens (primary N) is 2. The largest absolute Gasteiger partial charge is 0.368 e. The van der Waals surface area contributed by atoms with Crippen LogP contribution in [0.5, 0.6) is 0 Å². The first-order valence-electron chi connectivity index (χ1n) is 6.58. The van der Waals surface area contributed by atoms with Gasteiger partial charge in [0.25, 0.3) is 0 Å². The third-order valence-electron chi connectivity index (χ3n) is 3.44. The summed E-state index contributed by atoms with van der Waals surface area (Å²) in [6.07, 6.45) is 3.18. The Morgan fingerprint density at radius 1 is 1.41 bits per heavy atom. The molecule has 0 aliphatic heterocycles. The SMILES string of the molecule is CC(C)CN(C(C)CC(C)(N)C(N)=O)C1CC1. The second-order valence-electron chi connectivity index (χ2n) is 6.16. The van der Waals surface area contributed by atoms with Crippen molar-refractivity contribution >= 4 is 5.91 Å². The van der Waals surface area contributed by atoms with E-state index in [-0.39, 0.29) is 0 Å². The van der Waals surface area contributed by atoms with Crippen LogP contribution >= 0.6 is 0 Å². The summed E-state index contributed by atoms with van der Waals surface area (Å²) in [5.74, 6) is 0.223. The molecule has 2 unspecified atom stereocenters. The van der Waals surface area contributed by atoms with Gasteiger partial charge >= 0.3 is 0 Å². The zero-order chi connectivity index (χ0) is 13.2. The Morgan fingerprint density at radius 2 is 1.94 bits per heavy atom. The van der Waals surface area contributed by atoms with Crippen molar-refractivity contribution in [3.8, 4) is 0 Å². The number of amides is 1. The Morgan fingerprint density at radius 3 is 2.29 bits per heavy atom. The number of hydrogen-bond donors (Lipinski definition) is 2. The van der Waals surface area contributed by atoms with E-state index in [1.54, 1.807) is 6.92 Å². The highest BCUT2D eigenvalue weighted by molar-refractivity contribution is 5.83. The standard InChI is InChI=1S/C13H27N3O/c1-9(2)8-16(11-5-6-11)10(3)7-13(4,15)12(14)17/h9-11H,5-8,15H2,1-4H3,(H2,14,17). The average molecular weight is 241 g/mol. The number of carbonyl (C=O) groups is 1. The quantitative estimate of drug-likeness (QED) is 0.701. The molecule has 4 N–H and O–H groups in total. The van der Waals surface area contributed by atoms with Crippen molar-refractivity contribution in [1.82, 2.24) is 4.90 Å². The molecule has 1 aliphatic rings. The van der Waals surface area contributed by atoms with Gasteiger partial charge in [0.15, 0.2) is 0 Å². The Balaban J connectivity index is 2.59. The van der Waals surface area contributed by atoms with Gasteiger partial charge in [-0.05, 0) is 39.0 Å². The van der Waals surface area contributed by atoms with Crippen LogP contribution in [0.15, 0.2) is 0 Å². The normalized spacial score (nSPS) is 21.6. The van der Waals surface area contributed by atoms with E-state index in [1.165, 1.54) is 12.8 Å². The highest BCUT2D eigenvalue weighted by Gasteiger charge is 2.36. The summed E-state index contributed by atoms with van der Waals surface area (Å²) in [5, 5.41) is 0. The maximum absolute atomic E-state index is 11.3. The zero-order valence-corrected chi connectivity index (χ0v) is 11.6. The molecule has 0 heterocycles. The molecule has 1 amide bonds. The van der Waals surface area contributed by atoms with E-state index in [0.717, 1.165) is 6.54 Å². The third kappa shape index (κ3) is 4.28. The second kappa shape index (κ2) is 5.36. The molecule has 0 aromatic carbocycles. The minimum atomic E-state index is -0.899. The van der Waals surface area contributed by atoms with Crippen molar-refractivity contribution in [3.05, 3.63) is 0 Å². The predicted molar refractivity (Wildman–Crippen MR) is 70.4 cm³/mol. The third-order valence-corrected chi connectivity index (χ3v) is 3.44. The van der Waals surface area contributed by atoms with Gasteiger partial charge in [0.1, 0.15) is 0 Å². The van der Waals surface area contributed by atoms with E-state index >= 15 is 0 Å². The van der Waals surface area contributed by atoms with Crippen LogP contribution in [-0.2, 0) is 4.79 Å². The van der Waals surface area contributed by atoms with Crippen LogP contribution < -0.4 is 11.5 Å². The molecule has 0 radical (unpaired) electrons. The number of nitrogens with zero attached hydrogens (tertiary/aromatic N) is 1. The highest BCUT2D eigenvalue weighted by Crippen LogP contribution is 2.31. The molecule has 4 heteroatoms. The molecular formula is C13H27N3O. The molecule has 0 aromatic rings. The maximum atomic E-state index is 11.3. The van der Waals surface area contributed by atoms with Crippen molar-refractivity contribution in [2.75, 3.05) is 6.54 Å². The molecule has 1 saturated carbocycles. The smallest absolute Gasteiger partial charge is 0.237 e. The Labute approximate surface area is 105 Å². The molecule has 0 spiro atoms. The van der Waals surface area contributed by atoms with Crippen LogP contribution in [0.2, 0.25) is 0 Å². The van der Waals surface area contributed by atoms with Crippen LogP contribution in [0, 0.1) is 5.92 Å². The molecule has 0 bridgehead atoms. The van der Waals surface area contributed by atoms with Crippen molar-refractivity contribution in [2.45, 2.75) is 64.6 Å². The van der Waals surface area contributed by atoms with Crippen LogP contribution in [0.4, 0.5) is 0 Å². The summed E-state index contributed by atoms with van der Waals surface area (Å²) in [6.45, 7) is 9.39. The van der Waals surface area contributed by atoms with Gasteiger partial charge in [0, 0.05) is 18.6 Å². The maximum Gasteiger partial charge on any atom is 0.237 e. The van der Waals surface area contributed by atoms with Gasteiger partial charge in [-0.15, -0.1) is 0 Å². The minimum absolute atomic E-state index is 0.312. The fraction of sp³-hybridized carbons (Fsp3) is 0.923. The van der Waals surface area contributed by atoms with Crippen molar-refractivity contribution < 1.29 is 4.79 Å². The van der Waals surface area contributed by atoms with Gasteiger partial charge in [-0.25, -0.2) is 0 Å². The first kappa shape index (κ1) is 14.5. The van der Waals surface area contributed by atoms with Crippen LogP contribution in [0.1, 0.15) is 47.0 Å². The lowest BCUT2D eigenvalue weighted by Gasteiger charge is -2.34. The number of carbonyl (C=O) groups excluding carboxylic acids is 1. The lowest BCUT2D eigenvalue weighted by atomic mass is 9.93. The summed E-state index contributed by atoms with van der Waals surface area (Å²) in [4.78, 5) is 13.8. The number of primary amides is 1. The predicted octanol–water partition coefficient (Wildman–Crippen LogP) is 1.09. The molecule has 0 aromatic heterocycles. The molecular weight excluding hydrogens is 214 g/mol. The highest BCUT2D eigenvalue weighted by atomic mass is 16.1. The van der Waals surface area contributed by atoms with E-state index < -0.39 is 11.4 Å². The first-order chi connectivity index (χ1) is 7.74. The Kier molecular flexibility index (Phi) is 4.55. The Hall–Kier alpha value is -0.610. The topological polar surface area (TPSA) is 72.3 Å². The second-order valence-corrected chi connectivity index (χ2v) is 6.16. The molecule has 0 saturated heterocycles. The van der Waals surface area contributed by atoms with Gasteiger partial charge in [-0.1, -0.05) is 13.8 Å². The summed E-state index contributed by atoms with van der Waals surface area (Å²) >= 11 is 0. The molecule has 1 aliphatic carbocycles. The van der Waals surface area contributed by atoms with E-state index in [2.05, 4.69) is 25.7 Å². The van der Waals surface area contributed by atoms with Gasteiger partial charge in [-0.3, -0.25) is 9.69 Å². The summed E-state index contributed by atoms with van der Waals surface area (Å²) in [5.41, 5.74) is 10.4. The van der Waals surface area contributed by atoms with Crippen LogP contribution in [-0.4, -0.2) is 35.0 Å². The van der Waals surface area contributed by atoms with E-state index in [0.29, 0.717) is 24.4 Å². The van der Waals surface area contributed by atoms with Gasteiger partial charge in [0.2, 0.25) is 5.91 Å². The fourth-order valence-electron chi connectivity index (χ4n) is 2.35. The first-order valence-corrected chi connectivity index (χ1v) is 6.58. The Bertz CT molecular complexity index is 272. The summed E-state index contributed by atoms with van der Waals surface area (Å²) < 4.78 is 0.